The molecule has 0 radical (unpaired) electrons. The van der Waals surface area contributed by atoms with Crippen LogP contribution in [0, 0.1) is 0 Å². The Kier molecular flexibility index (Phi) is 7.03. The molecular weight excluding hydrogens is 234 g/mol. The Morgan fingerprint density at radius 1 is 1.11 bits per heavy atom. The number of rotatable bonds is 9. The fourth-order valence-corrected chi connectivity index (χ4v) is 2.78. The summed E-state index contributed by atoms with van der Waals surface area (Å²) in [7, 11) is 0. The molecule has 1 rings (SSSR count). The second-order valence-corrected chi connectivity index (χ2v) is 5.23. The molecule has 0 atom stereocenters. The van der Waals surface area contributed by atoms with Crippen LogP contribution in [0.15, 0.2) is 24.5 Å². The van der Waals surface area contributed by atoms with E-state index >= 15 is 0 Å². The van der Waals surface area contributed by atoms with E-state index in [0.717, 1.165) is 38.9 Å². The highest BCUT2D eigenvalue weighted by Crippen LogP contribution is 2.23. The van der Waals surface area contributed by atoms with Crippen molar-refractivity contribution >= 4 is 0 Å². The summed E-state index contributed by atoms with van der Waals surface area (Å²) < 4.78 is 0. The molecule has 108 valence electrons. The van der Waals surface area contributed by atoms with Crippen LogP contribution in [0.1, 0.15) is 45.6 Å². The Hall–Kier alpha value is -0.930. The van der Waals surface area contributed by atoms with Crippen LogP contribution in [0.3, 0.4) is 0 Å². The molecule has 1 aromatic heterocycles. The zero-order valence-electron chi connectivity index (χ0n) is 12.7. The Morgan fingerprint density at radius 2 is 1.74 bits per heavy atom. The van der Waals surface area contributed by atoms with Gasteiger partial charge >= 0.3 is 0 Å². The van der Waals surface area contributed by atoms with E-state index < -0.39 is 0 Å². The predicted molar refractivity (Wildman–Crippen MR) is 82.2 cm³/mol. The Labute approximate surface area is 118 Å². The molecule has 0 fully saturated rings. The van der Waals surface area contributed by atoms with Gasteiger partial charge < -0.3 is 5.73 Å². The quantitative estimate of drug-likeness (QED) is 0.745. The summed E-state index contributed by atoms with van der Waals surface area (Å²) >= 11 is 0. The average molecular weight is 263 g/mol. The summed E-state index contributed by atoms with van der Waals surface area (Å²) in [6, 6.07) is 4.21. The van der Waals surface area contributed by atoms with E-state index in [1.165, 1.54) is 12.0 Å². The predicted octanol–water partition coefficient (Wildman–Crippen LogP) is 2.85. The molecular formula is C16H29N3. The number of hydrogen-bond acceptors (Lipinski definition) is 3. The second kappa shape index (κ2) is 8.28. The highest BCUT2D eigenvalue weighted by molar-refractivity contribution is 5.10. The zero-order valence-corrected chi connectivity index (χ0v) is 12.7. The third kappa shape index (κ3) is 4.29. The minimum Gasteiger partial charge on any atom is -0.329 e. The van der Waals surface area contributed by atoms with Gasteiger partial charge in [-0.15, -0.1) is 0 Å². The average Bonchev–Trinajstić information content (AvgIpc) is 2.48. The van der Waals surface area contributed by atoms with Crippen molar-refractivity contribution in [1.29, 1.82) is 0 Å². The van der Waals surface area contributed by atoms with Crippen LogP contribution < -0.4 is 5.73 Å². The van der Waals surface area contributed by atoms with Gasteiger partial charge in [0.25, 0.3) is 0 Å². The molecule has 0 aliphatic carbocycles. The molecule has 2 N–H and O–H groups in total. The van der Waals surface area contributed by atoms with Crippen LogP contribution in [0.2, 0.25) is 0 Å². The summed E-state index contributed by atoms with van der Waals surface area (Å²) in [5.41, 5.74) is 7.60. The van der Waals surface area contributed by atoms with E-state index in [1.54, 1.807) is 0 Å². The summed E-state index contributed by atoms with van der Waals surface area (Å²) in [6.45, 7) is 9.71. The van der Waals surface area contributed by atoms with E-state index in [-0.39, 0.29) is 5.54 Å². The van der Waals surface area contributed by atoms with E-state index in [2.05, 4.69) is 42.8 Å². The molecule has 0 aromatic carbocycles. The summed E-state index contributed by atoms with van der Waals surface area (Å²) in [5.74, 6) is 0. The molecule has 3 heteroatoms. The van der Waals surface area contributed by atoms with E-state index in [9.17, 15) is 0 Å². The van der Waals surface area contributed by atoms with Gasteiger partial charge in [-0.05, 0) is 49.9 Å². The molecule has 19 heavy (non-hydrogen) atoms. The molecule has 0 spiro atoms. The lowest BCUT2D eigenvalue weighted by atomic mass is 9.90. The molecule has 0 aliphatic rings. The maximum atomic E-state index is 6.08. The first-order valence-corrected chi connectivity index (χ1v) is 7.56. The van der Waals surface area contributed by atoms with Crippen molar-refractivity contribution in [2.75, 3.05) is 19.6 Å². The molecule has 1 aromatic rings. The minimum absolute atomic E-state index is 0.170. The SMILES string of the molecule is CCCN(CCc1ccncc1)C(CC)(CC)CN. The number of pyridine rings is 1. The smallest absolute Gasteiger partial charge is 0.0326 e. The first-order valence-electron chi connectivity index (χ1n) is 7.56. The van der Waals surface area contributed by atoms with Crippen LogP contribution in [-0.4, -0.2) is 35.1 Å². The number of aromatic nitrogens is 1. The van der Waals surface area contributed by atoms with Crippen molar-refractivity contribution in [3.63, 3.8) is 0 Å². The fourth-order valence-electron chi connectivity index (χ4n) is 2.78. The first kappa shape index (κ1) is 16.1. The second-order valence-electron chi connectivity index (χ2n) is 5.23. The largest absolute Gasteiger partial charge is 0.329 e. The van der Waals surface area contributed by atoms with Crippen molar-refractivity contribution in [3.8, 4) is 0 Å². The molecule has 0 saturated carbocycles. The summed E-state index contributed by atoms with van der Waals surface area (Å²) in [6.07, 6.45) is 8.24. The van der Waals surface area contributed by atoms with Crippen LogP contribution >= 0.6 is 0 Å². The molecule has 0 aliphatic heterocycles. The molecule has 0 bridgehead atoms. The van der Waals surface area contributed by atoms with Crippen LogP contribution in [0.25, 0.3) is 0 Å². The third-order valence-electron chi connectivity index (χ3n) is 4.28. The third-order valence-corrected chi connectivity index (χ3v) is 4.28. The normalized spacial score (nSPS) is 12.1. The van der Waals surface area contributed by atoms with E-state index in [0.29, 0.717) is 0 Å². The molecule has 3 nitrogen and oxygen atoms in total. The molecule has 1 heterocycles. The summed E-state index contributed by atoms with van der Waals surface area (Å²) in [5, 5.41) is 0. The van der Waals surface area contributed by atoms with Gasteiger partial charge in [0.2, 0.25) is 0 Å². The maximum Gasteiger partial charge on any atom is 0.0326 e. The van der Waals surface area contributed by atoms with Gasteiger partial charge in [0, 0.05) is 31.0 Å². The van der Waals surface area contributed by atoms with Gasteiger partial charge in [0.1, 0.15) is 0 Å². The van der Waals surface area contributed by atoms with Gasteiger partial charge in [-0.2, -0.15) is 0 Å². The Morgan fingerprint density at radius 3 is 2.21 bits per heavy atom. The van der Waals surface area contributed by atoms with Crippen molar-refractivity contribution in [2.24, 2.45) is 5.73 Å². The lowest BCUT2D eigenvalue weighted by molar-refractivity contribution is 0.0858. The summed E-state index contributed by atoms with van der Waals surface area (Å²) in [4.78, 5) is 6.66. The Balaban J connectivity index is 2.71. The van der Waals surface area contributed by atoms with Crippen LogP contribution in [0.4, 0.5) is 0 Å². The highest BCUT2D eigenvalue weighted by atomic mass is 15.2. The zero-order chi connectivity index (χ0) is 14.1. The van der Waals surface area contributed by atoms with Gasteiger partial charge in [-0.1, -0.05) is 20.8 Å². The first-order chi connectivity index (χ1) is 9.22. The molecule has 0 amide bonds. The van der Waals surface area contributed by atoms with E-state index in [4.69, 9.17) is 5.73 Å². The van der Waals surface area contributed by atoms with Crippen molar-refractivity contribution in [2.45, 2.75) is 52.0 Å². The monoisotopic (exact) mass is 263 g/mol. The standard InChI is InChI=1S/C16H29N3/c1-4-12-19(16(5-2,6-3)14-17)13-9-15-7-10-18-11-8-15/h7-8,10-11H,4-6,9,12-14,17H2,1-3H3. The van der Waals surface area contributed by atoms with Crippen LogP contribution in [-0.2, 0) is 6.42 Å². The van der Waals surface area contributed by atoms with Crippen LogP contribution in [0.5, 0.6) is 0 Å². The molecule has 0 saturated heterocycles. The van der Waals surface area contributed by atoms with Crippen molar-refractivity contribution in [1.82, 2.24) is 9.88 Å². The fraction of sp³-hybridized carbons (Fsp3) is 0.688. The van der Waals surface area contributed by atoms with Gasteiger partial charge in [0.05, 0.1) is 0 Å². The number of nitrogens with two attached hydrogens (primary N) is 1. The van der Waals surface area contributed by atoms with E-state index in [1.807, 2.05) is 12.4 Å². The lowest BCUT2D eigenvalue weighted by Gasteiger charge is -2.42. The van der Waals surface area contributed by atoms with Gasteiger partial charge in [-0.25, -0.2) is 0 Å². The van der Waals surface area contributed by atoms with Gasteiger partial charge in [-0.3, -0.25) is 9.88 Å². The minimum atomic E-state index is 0.170. The maximum absolute atomic E-state index is 6.08. The highest BCUT2D eigenvalue weighted by Gasteiger charge is 2.30. The topological polar surface area (TPSA) is 42.2 Å². The Bertz CT molecular complexity index is 325. The van der Waals surface area contributed by atoms with Gasteiger partial charge in [0.15, 0.2) is 0 Å². The van der Waals surface area contributed by atoms with Crippen molar-refractivity contribution in [3.05, 3.63) is 30.1 Å². The lowest BCUT2D eigenvalue weighted by Crippen LogP contribution is -2.54. The number of hydrogen-bond donors (Lipinski definition) is 1. The number of nitrogens with zero attached hydrogens (tertiary/aromatic N) is 2. The molecule has 0 unspecified atom stereocenters. The van der Waals surface area contributed by atoms with Crippen molar-refractivity contribution < 1.29 is 0 Å².